The summed E-state index contributed by atoms with van der Waals surface area (Å²) in [5.74, 6) is 0. The van der Waals surface area contributed by atoms with E-state index >= 15 is 0 Å². The molecule has 2 nitrogen and oxygen atoms in total. The topological polar surface area (TPSA) is 15.9 Å². The van der Waals surface area contributed by atoms with E-state index in [4.69, 9.17) is 0 Å². The Bertz CT molecular complexity index is 305. The van der Waals surface area contributed by atoms with Gasteiger partial charge >= 0.3 is 0 Å². The Morgan fingerprint density at radius 3 is 3.08 bits per heavy atom. The molecule has 2 heteroatoms. The van der Waals surface area contributed by atoms with Gasteiger partial charge in [0.05, 0.1) is 0 Å². The van der Waals surface area contributed by atoms with Crippen molar-refractivity contribution in [2.24, 2.45) is 0 Å². The fourth-order valence-corrected chi connectivity index (χ4v) is 1.75. The highest BCUT2D eigenvalue weighted by molar-refractivity contribution is 5.50. The van der Waals surface area contributed by atoms with Crippen molar-refractivity contribution in [3.05, 3.63) is 24.0 Å². The summed E-state index contributed by atoms with van der Waals surface area (Å²) in [6, 6.07) is 2.75. The van der Waals surface area contributed by atoms with Gasteiger partial charge in [-0.25, -0.2) is 4.57 Å². The molecule has 0 amide bonds. The first-order valence-electron chi connectivity index (χ1n) is 5.05. The Morgan fingerprint density at radius 1 is 1.46 bits per heavy atom. The number of aryl methyl sites for hydroxylation is 1. The van der Waals surface area contributed by atoms with Gasteiger partial charge in [0, 0.05) is 23.9 Å². The molecule has 70 valence electrons. The third-order valence-corrected chi connectivity index (χ3v) is 2.60. The molecular formula is C11H17N2+. The van der Waals surface area contributed by atoms with Gasteiger partial charge in [0.1, 0.15) is 0 Å². The van der Waals surface area contributed by atoms with Gasteiger partial charge < -0.3 is 5.32 Å². The Kier molecular flexibility index (Phi) is 2.21. The van der Waals surface area contributed by atoms with Crippen LogP contribution < -0.4 is 9.88 Å². The normalized spacial score (nSPS) is 15.3. The van der Waals surface area contributed by atoms with Gasteiger partial charge in [-0.2, -0.15) is 0 Å². The predicted octanol–water partition coefficient (Wildman–Crippen LogP) is 1.91. The molecule has 1 aromatic rings. The highest BCUT2D eigenvalue weighted by atomic mass is 15.0. The minimum absolute atomic E-state index is 0.562. The quantitative estimate of drug-likeness (QED) is 0.648. The average molecular weight is 177 g/mol. The van der Waals surface area contributed by atoms with Crippen LogP contribution in [0.4, 0.5) is 5.69 Å². The fourth-order valence-electron chi connectivity index (χ4n) is 1.75. The summed E-state index contributed by atoms with van der Waals surface area (Å²) >= 11 is 0. The summed E-state index contributed by atoms with van der Waals surface area (Å²) < 4.78 is 2.27. The van der Waals surface area contributed by atoms with Crippen molar-refractivity contribution >= 4 is 5.69 Å². The van der Waals surface area contributed by atoms with E-state index in [0.29, 0.717) is 6.04 Å². The molecule has 1 aliphatic heterocycles. The lowest BCUT2D eigenvalue weighted by molar-refractivity contribution is -0.716. The Hall–Kier alpha value is -1.05. The van der Waals surface area contributed by atoms with E-state index in [1.165, 1.54) is 24.1 Å². The molecule has 0 atom stereocenters. The average Bonchev–Trinajstić information content (AvgIpc) is 2.17. The van der Waals surface area contributed by atoms with Gasteiger partial charge in [-0.1, -0.05) is 0 Å². The lowest BCUT2D eigenvalue weighted by Crippen LogP contribution is -2.36. The van der Waals surface area contributed by atoms with Crippen LogP contribution in [-0.4, -0.2) is 6.54 Å². The standard InChI is InChI=1S/C11H16N2/c1-9(2)13-7-5-11-10(8-13)4-3-6-12-11/h5,7-9H,3-4,6H2,1-2H3/p+1. The van der Waals surface area contributed by atoms with Crippen molar-refractivity contribution in [2.45, 2.75) is 32.7 Å². The van der Waals surface area contributed by atoms with E-state index in [0.717, 1.165) is 6.54 Å². The molecule has 0 aliphatic carbocycles. The molecule has 0 unspecified atom stereocenters. The van der Waals surface area contributed by atoms with Crippen molar-refractivity contribution in [3.8, 4) is 0 Å². The van der Waals surface area contributed by atoms with Gasteiger partial charge in [-0.3, -0.25) is 0 Å². The summed E-state index contributed by atoms with van der Waals surface area (Å²) in [6.45, 7) is 5.55. The second-order valence-electron chi connectivity index (χ2n) is 3.96. The first-order chi connectivity index (χ1) is 6.27. The van der Waals surface area contributed by atoms with E-state index in [1.54, 1.807) is 0 Å². The van der Waals surface area contributed by atoms with Crippen LogP contribution in [0.5, 0.6) is 0 Å². The monoisotopic (exact) mass is 177 g/mol. The molecule has 0 radical (unpaired) electrons. The molecule has 2 rings (SSSR count). The zero-order chi connectivity index (χ0) is 9.26. The number of fused-ring (bicyclic) bond motifs is 1. The molecule has 0 aromatic carbocycles. The van der Waals surface area contributed by atoms with Crippen molar-refractivity contribution in [3.63, 3.8) is 0 Å². The van der Waals surface area contributed by atoms with Crippen molar-refractivity contribution in [1.29, 1.82) is 0 Å². The second-order valence-corrected chi connectivity index (χ2v) is 3.96. The highest BCUT2D eigenvalue weighted by Crippen LogP contribution is 2.19. The van der Waals surface area contributed by atoms with E-state index in [1.807, 2.05) is 0 Å². The van der Waals surface area contributed by atoms with E-state index in [9.17, 15) is 0 Å². The van der Waals surface area contributed by atoms with E-state index in [2.05, 4.69) is 42.2 Å². The first-order valence-corrected chi connectivity index (χ1v) is 5.05. The molecule has 2 heterocycles. The van der Waals surface area contributed by atoms with Crippen LogP contribution in [-0.2, 0) is 6.42 Å². The van der Waals surface area contributed by atoms with Gasteiger partial charge in [0.25, 0.3) is 0 Å². The number of hydrogen-bond acceptors (Lipinski definition) is 1. The van der Waals surface area contributed by atoms with E-state index < -0.39 is 0 Å². The lowest BCUT2D eigenvalue weighted by atomic mass is 10.1. The second kappa shape index (κ2) is 3.36. The van der Waals surface area contributed by atoms with Gasteiger partial charge in [0.2, 0.25) is 0 Å². The Balaban J connectivity index is 2.35. The maximum absolute atomic E-state index is 3.42. The molecule has 0 saturated carbocycles. The van der Waals surface area contributed by atoms with Crippen molar-refractivity contribution in [1.82, 2.24) is 0 Å². The number of nitrogens with one attached hydrogen (secondary N) is 1. The predicted molar refractivity (Wildman–Crippen MR) is 53.8 cm³/mol. The van der Waals surface area contributed by atoms with E-state index in [-0.39, 0.29) is 0 Å². The SMILES string of the molecule is CC(C)[n+]1ccc2c(c1)CCCN2. The van der Waals surface area contributed by atoms with Crippen LogP contribution in [0.25, 0.3) is 0 Å². The number of nitrogens with zero attached hydrogens (tertiary/aromatic N) is 1. The molecule has 1 aliphatic rings. The number of hydrogen-bond donors (Lipinski definition) is 1. The lowest BCUT2D eigenvalue weighted by Gasteiger charge is -2.16. The van der Waals surface area contributed by atoms with Gasteiger partial charge in [-0.15, -0.1) is 0 Å². The summed E-state index contributed by atoms with van der Waals surface area (Å²) in [5.41, 5.74) is 2.78. The summed E-state index contributed by atoms with van der Waals surface area (Å²) in [7, 11) is 0. The number of aromatic nitrogens is 1. The van der Waals surface area contributed by atoms with Gasteiger partial charge in [0.15, 0.2) is 18.4 Å². The highest BCUT2D eigenvalue weighted by Gasteiger charge is 2.14. The Morgan fingerprint density at radius 2 is 2.31 bits per heavy atom. The van der Waals surface area contributed by atoms with Crippen LogP contribution in [0, 0.1) is 0 Å². The summed E-state index contributed by atoms with van der Waals surface area (Å²) in [5, 5.41) is 3.42. The summed E-state index contributed by atoms with van der Waals surface area (Å²) in [6.07, 6.45) is 6.90. The third-order valence-electron chi connectivity index (χ3n) is 2.60. The van der Waals surface area contributed by atoms with Gasteiger partial charge in [-0.05, 0) is 26.7 Å². The van der Waals surface area contributed by atoms with Crippen LogP contribution >= 0.6 is 0 Å². The molecule has 1 N–H and O–H groups in total. The number of anilines is 1. The smallest absolute Gasteiger partial charge is 0.174 e. The van der Waals surface area contributed by atoms with Crippen molar-refractivity contribution < 1.29 is 4.57 Å². The maximum atomic E-state index is 3.42. The molecule has 1 aromatic heterocycles. The largest absolute Gasteiger partial charge is 0.384 e. The number of pyridine rings is 1. The molecule has 0 spiro atoms. The molecule has 0 fully saturated rings. The summed E-state index contributed by atoms with van der Waals surface area (Å²) in [4.78, 5) is 0. The fraction of sp³-hybridized carbons (Fsp3) is 0.545. The first kappa shape index (κ1) is 8.54. The van der Waals surface area contributed by atoms with Crippen LogP contribution in [0.2, 0.25) is 0 Å². The zero-order valence-corrected chi connectivity index (χ0v) is 8.38. The molecular weight excluding hydrogens is 160 g/mol. The van der Waals surface area contributed by atoms with Crippen molar-refractivity contribution in [2.75, 3.05) is 11.9 Å². The minimum Gasteiger partial charge on any atom is -0.384 e. The molecule has 0 saturated heterocycles. The third kappa shape index (κ3) is 1.67. The zero-order valence-electron chi connectivity index (χ0n) is 8.38. The van der Waals surface area contributed by atoms with Crippen LogP contribution in [0.1, 0.15) is 31.9 Å². The number of rotatable bonds is 1. The van der Waals surface area contributed by atoms with Crippen LogP contribution in [0.3, 0.4) is 0 Å². The minimum atomic E-state index is 0.562. The molecule has 0 bridgehead atoms. The van der Waals surface area contributed by atoms with Crippen LogP contribution in [0.15, 0.2) is 18.5 Å². The Labute approximate surface area is 79.6 Å². The molecule has 13 heavy (non-hydrogen) atoms. The maximum Gasteiger partial charge on any atom is 0.174 e.